The number of hydrogen-bond donors (Lipinski definition) is 2. The first-order valence-corrected chi connectivity index (χ1v) is 7.85. The van der Waals surface area contributed by atoms with Crippen LogP contribution in [0.15, 0.2) is 30.3 Å². The van der Waals surface area contributed by atoms with Crippen LogP contribution in [0.3, 0.4) is 0 Å². The van der Waals surface area contributed by atoms with Crippen LogP contribution in [0.2, 0.25) is 0 Å². The second kappa shape index (κ2) is 9.53. The Kier molecular flexibility index (Phi) is 8.01. The number of benzene rings is 1. The molecule has 0 aliphatic heterocycles. The van der Waals surface area contributed by atoms with Gasteiger partial charge in [-0.15, -0.1) is 0 Å². The fourth-order valence-electron chi connectivity index (χ4n) is 2.32. The summed E-state index contributed by atoms with van der Waals surface area (Å²) < 4.78 is 5.63. The Morgan fingerprint density at radius 2 is 1.90 bits per heavy atom. The Hall–Kier alpha value is -1.39. The van der Waals surface area contributed by atoms with Crippen LogP contribution in [0.4, 0.5) is 0 Å². The van der Waals surface area contributed by atoms with Gasteiger partial charge in [-0.25, -0.2) is 0 Å². The molecule has 4 nitrogen and oxygen atoms in total. The lowest BCUT2D eigenvalue weighted by atomic mass is 9.85. The summed E-state index contributed by atoms with van der Waals surface area (Å²) in [7, 11) is 0. The van der Waals surface area contributed by atoms with Crippen molar-refractivity contribution in [2.24, 2.45) is 5.73 Å². The zero-order valence-electron chi connectivity index (χ0n) is 13.2. The topological polar surface area (TPSA) is 64.3 Å². The first-order chi connectivity index (χ1) is 10.2. The molecule has 0 aromatic heterocycles. The fraction of sp³-hybridized carbons (Fsp3) is 0.588. The maximum Gasteiger partial charge on any atom is 0.242 e. The molecule has 0 aliphatic carbocycles. The largest absolute Gasteiger partial charge is 0.381 e. The molecule has 0 saturated carbocycles. The molecule has 1 amide bonds. The van der Waals surface area contributed by atoms with E-state index in [1.165, 1.54) is 0 Å². The summed E-state index contributed by atoms with van der Waals surface area (Å²) in [6.45, 7) is 6.20. The molecule has 0 bridgehead atoms. The molecular weight excluding hydrogens is 264 g/mol. The van der Waals surface area contributed by atoms with E-state index in [-0.39, 0.29) is 5.91 Å². The molecule has 1 aromatic carbocycles. The van der Waals surface area contributed by atoms with E-state index in [1.54, 1.807) is 0 Å². The SMILES string of the molecule is CCCCOCCC(NCCC)(C(N)=O)c1ccccc1. The lowest BCUT2D eigenvalue weighted by Crippen LogP contribution is -2.53. The molecule has 0 aliphatic rings. The maximum atomic E-state index is 12.2. The van der Waals surface area contributed by atoms with E-state index in [4.69, 9.17) is 10.5 Å². The molecule has 0 saturated heterocycles. The van der Waals surface area contributed by atoms with E-state index >= 15 is 0 Å². The average molecular weight is 292 g/mol. The number of unbranched alkanes of at least 4 members (excludes halogenated alkanes) is 1. The van der Waals surface area contributed by atoms with Crippen molar-refractivity contribution in [1.82, 2.24) is 5.32 Å². The Balaban J connectivity index is 2.83. The number of nitrogens with one attached hydrogen (secondary N) is 1. The number of hydrogen-bond acceptors (Lipinski definition) is 3. The molecule has 0 heterocycles. The molecule has 0 fully saturated rings. The average Bonchev–Trinajstić information content (AvgIpc) is 2.51. The monoisotopic (exact) mass is 292 g/mol. The van der Waals surface area contributed by atoms with Crippen molar-refractivity contribution in [2.75, 3.05) is 19.8 Å². The molecule has 0 spiro atoms. The molecule has 0 radical (unpaired) electrons. The minimum Gasteiger partial charge on any atom is -0.381 e. The third kappa shape index (κ3) is 5.14. The van der Waals surface area contributed by atoms with Crippen LogP contribution >= 0.6 is 0 Å². The molecule has 1 unspecified atom stereocenters. The Labute approximate surface area is 128 Å². The smallest absolute Gasteiger partial charge is 0.242 e. The molecule has 1 aromatic rings. The number of amides is 1. The van der Waals surface area contributed by atoms with Crippen LogP contribution in [0.5, 0.6) is 0 Å². The summed E-state index contributed by atoms with van der Waals surface area (Å²) in [5.41, 5.74) is 5.79. The third-order valence-electron chi connectivity index (χ3n) is 3.63. The summed E-state index contributed by atoms with van der Waals surface area (Å²) in [6, 6.07) is 9.68. The molecule has 1 rings (SSSR count). The Bertz CT molecular complexity index is 409. The molecular formula is C17H28N2O2. The third-order valence-corrected chi connectivity index (χ3v) is 3.63. The van der Waals surface area contributed by atoms with E-state index < -0.39 is 5.54 Å². The number of primary amides is 1. The van der Waals surface area contributed by atoms with Crippen LogP contribution in [-0.2, 0) is 15.1 Å². The zero-order valence-corrected chi connectivity index (χ0v) is 13.2. The van der Waals surface area contributed by atoms with Crippen LogP contribution in [-0.4, -0.2) is 25.7 Å². The summed E-state index contributed by atoms with van der Waals surface area (Å²) >= 11 is 0. The number of nitrogens with two attached hydrogens (primary N) is 1. The zero-order chi connectivity index (χ0) is 15.6. The molecule has 1 atom stereocenters. The van der Waals surface area contributed by atoms with Gasteiger partial charge in [-0.3, -0.25) is 10.1 Å². The number of carbonyl (C=O) groups excluding carboxylic acids is 1. The first kappa shape index (κ1) is 17.7. The van der Waals surface area contributed by atoms with Crippen molar-refractivity contribution >= 4 is 5.91 Å². The van der Waals surface area contributed by atoms with Crippen LogP contribution in [0, 0.1) is 0 Å². The van der Waals surface area contributed by atoms with E-state index in [0.29, 0.717) is 13.0 Å². The highest BCUT2D eigenvalue weighted by molar-refractivity contribution is 5.86. The van der Waals surface area contributed by atoms with E-state index in [1.807, 2.05) is 30.3 Å². The predicted octanol–water partition coefficient (Wildman–Crippen LogP) is 2.57. The minimum absolute atomic E-state index is 0.346. The van der Waals surface area contributed by atoms with Crippen molar-refractivity contribution in [3.8, 4) is 0 Å². The Morgan fingerprint density at radius 3 is 2.48 bits per heavy atom. The van der Waals surface area contributed by atoms with Gasteiger partial charge in [0.05, 0.1) is 0 Å². The van der Waals surface area contributed by atoms with Crippen molar-refractivity contribution in [3.05, 3.63) is 35.9 Å². The van der Waals surface area contributed by atoms with Gasteiger partial charge in [0, 0.05) is 19.6 Å². The highest BCUT2D eigenvalue weighted by Crippen LogP contribution is 2.25. The number of ether oxygens (including phenoxy) is 1. The van der Waals surface area contributed by atoms with E-state index in [2.05, 4.69) is 19.2 Å². The van der Waals surface area contributed by atoms with Gasteiger partial charge >= 0.3 is 0 Å². The van der Waals surface area contributed by atoms with Crippen molar-refractivity contribution in [2.45, 2.75) is 45.1 Å². The minimum atomic E-state index is -0.844. The van der Waals surface area contributed by atoms with Gasteiger partial charge in [0.15, 0.2) is 0 Å². The van der Waals surface area contributed by atoms with E-state index in [9.17, 15) is 4.79 Å². The first-order valence-electron chi connectivity index (χ1n) is 7.85. The molecule has 118 valence electrons. The number of carbonyl (C=O) groups is 1. The van der Waals surface area contributed by atoms with Gasteiger partial charge in [-0.05, 0) is 24.9 Å². The highest BCUT2D eigenvalue weighted by atomic mass is 16.5. The summed E-state index contributed by atoms with van der Waals surface area (Å²) in [4.78, 5) is 12.2. The van der Waals surface area contributed by atoms with Crippen LogP contribution < -0.4 is 11.1 Å². The van der Waals surface area contributed by atoms with Gasteiger partial charge in [0.2, 0.25) is 5.91 Å². The molecule has 4 heteroatoms. The maximum absolute atomic E-state index is 12.2. The van der Waals surface area contributed by atoms with Crippen LogP contribution in [0.1, 0.15) is 45.1 Å². The summed E-state index contributed by atoms with van der Waals surface area (Å²) in [5.74, 6) is -0.346. The van der Waals surface area contributed by atoms with Crippen molar-refractivity contribution in [1.29, 1.82) is 0 Å². The second-order valence-electron chi connectivity index (χ2n) is 5.28. The lowest BCUT2D eigenvalue weighted by molar-refractivity contribution is -0.125. The molecule has 21 heavy (non-hydrogen) atoms. The summed E-state index contributed by atoms with van der Waals surface area (Å²) in [6.07, 6.45) is 3.64. The van der Waals surface area contributed by atoms with Gasteiger partial charge in [-0.1, -0.05) is 50.6 Å². The highest BCUT2D eigenvalue weighted by Gasteiger charge is 2.37. The molecule has 3 N–H and O–H groups in total. The van der Waals surface area contributed by atoms with Crippen LogP contribution in [0.25, 0.3) is 0 Å². The van der Waals surface area contributed by atoms with Gasteiger partial charge in [0.25, 0.3) is 0 Å². The fourth-order valence-corrected chi connectivity index (χ4v) is 2.32. The second-order valence-corrected chi connectivity index (χ2v) is 5.28. The predicted molar refractivity (Wildman–Crippen MR) is 86.0 cm³/mol. The van der Waals surface area contributed by atoms with Gasteiger partial charge in [-0.2, -0.15) is 0 Å². The van der Waals surface area contributed by atoms with Crippen molar-refractivity contribution < 1.29 is 9.53 Å². The van der Waals surface area contributed by atoms with Crippen molar-refractivity contribution in [3.63, 3.8) is 0 Å². The quantitative estimate of drug-likeness (QED) is 0.616. The lowest BCUT2D eigenvalue weighted by Gasteiger charge is -2.32. The van der Waals surface area contributed by atoms with Gasteiger partial charge in [0.1, 0.15) is 5.54 Å². The summed E-state index contributed by atoms with van der Waals surface area (Å²) in [5, 5.41) is 3.34. The normalized spacial score (nSPS) is 13.8. The Morgan fingerprint density at radius 1 is 1.19 bits per heavy atom. The standard InChI is InChI=1S/C17H28N2O2/c1-3-5-13-21-14-11-17(16(18)20,19-12-4-2)15-9-7-6-8-10-15/h6-10,19H,3-5,11-14H2,1-2H3,(H2,18,20). The van der Waals surface area contributed by atoms with E-state index in [0.717, 1.165) is 38.0 Å². The number of rotatable bonds is 11. The van der Waals surface area contributed by atoms with Gasteiger partial charge < -0.3 is 10.5 Å².